The zero-order valence-corrected chi connectivity index (χ0v) is 13.4. The normalized spacial score (nSPS) is 22.3. The van der Waals surface area contributed by atoms with Gasteiger partial charge in [0.1, 0.15) is 6.26 Å². The molecule has 1 amide bonds. The predicted molar refractivity (Wildman–Crippen MR) is 75.8 cm³/mol. The highest BCUT2D eigenvalue weighted by atomic mass is 32.2. The van der Waals surface area contributed by atoms with Crippen LogP contribution in [0.4, 0.5) is 0 Å². The number of likely N-dealkylation sites (tertiary alicyclic amines) is 1. The van der Waals surface area contributed by atoms with E-state index in [-0.39, 0.29) is 17.2 Å². The number of carbonyl (C=O) groups is 2. The zero-order chi connectivity index (χ0) is 16.7. The van der Waals surface area contributed by atoms with Gasteiger partial charge in [-0.05, 0) is 13.3 Å². The number of sulfonamides is 1. The molecule has 122 valence electrons. The summed E-state index contributed by atoms with van der Waals surface area (Å²) in [5.41, 5.74) is -0.882. The Bertz CT molecular complexity index is 708. The van der Waals surface area contributed by atoms with Crippen LogP contribution in [0, 0.1) is 5.41 Å². The van der Waals surface area contributed by atoms with E-state index in [1.54, 1.807) is 6.92 Å². The summed E-state index contributed by atoms with van der Waals surface area (Å²) in [6.07, 6.45) is 1.43. The maximum Gasteiger partial charge on any atom is 0.311 e. The lowest BCUT2D eigenvalue weighted by Crippen LogP contribution is -2.34. The lowest BCUT2D eigenvalue weighted by Gasteiger charge is -2.19. The Morgan fingerprint density at radius 1 is 1.41 bits per heavy atom. The molecular weight excluding hydrogens is 312 g/mol. The van der Waals surface area contributed by atoms with Crippen molar-refractivity contribution >= 4 is 21.9 Å². The third-order valence-electron chi connectivity index (χ3n) is 3.83. The lowest BCUT2D eigenvalue weighted by atomic mass is 9.90. The van der Waals surface area contributed by atoms with Crippen molar-refractivity contribution in [1.82, 2.24) is 9.21 Å². The summed E-state index contributed by atoms with van der Waals surface area (Å²) in [7, 11) is -1.03. The first-order valence-electron chi connectivity index (χ1n) is 6.62. The van der Waals surface area contributed by atoms with Crippen molar-refractivity contribution in [1.29, 1.82) is 0 Å². The summed E-state index contributed by atoms with van der Waals surface area (Å²) in [6, 6.07) is 1.16. The molecule has 0 aliphatic carbocycles. The van der Waals surface area contributed by atoms with E-state index in [0.717, 1.165) is 16.6 Å². The lowest BCUT2D eigenvalue weighted by molar-refractivity contribution is -0.147. The standard InChI is InChI=1S/C13H18N2O6S/c1-13(12(17)18)4-5-15(8-13)11(16)9-6-10(21-7-9)22(19,20)14(2)3/h6-7H,4-5,8H2,1-3H3,(H,17,18). The van der Waals surface area contributed by atoms with Crippen LogP contribution in [0.1, 0.15) is 23.7 Å². The molecule has 1 unspecified atom stereocenters. The van der Waals surface area contributed by atoms with Crippen molar-refractivity contribution in [2.24, 2.45) is 5.41 Å². The molecular formula is C13H18N2O6S. The van der Waals surface area contributed by atoms with Crippen LogP contribution in [-0.2, 0) is 14.8 Å². The summed E-state index contributed by atoms with van der Waals surface area (Å²) < 4.78 is 29.8. The van der Waals surface area contributed by atoms with Crippen LogP contribution in [0.5, 0.6) is 0 Å². The van der Waals surface area contributed by atoms with Gasteiger partial charge in [0.2, 0.25) is 5.09 Å². The molecule has 0 bridgehead atoms. The number of nitrogens with zero attached hydrogens (tertiary/aromatic N) is 2. The van der Waals surface area contributed by atoms with E-state index >= 15 is 0 Å². The smallest absolute Gasteiger partial charge is 0.311 e. The Morgan fingerprint density at radius 3 is 2.55 bits per heavy atom. The number of carboxylic acid groups (broad SMARTS) is 1. The van der Waals surface area contributed by atoms with Gasteiger partial charge in [-0.25, -0.2) is 12.7 Å². The minimum Gasteiger partial charge on any atom is -0.481 e. The number of carbonyl (C=O) groups excluding carboxylic acids is 1. The molecule has 0 aromatic carbocycles. The molecule has 1 atom stereocenters. The van der Waals surface area contributed by atoms with Gasteiger partial charge < -0.3 is 14.4 Å². The molecule has 1 aliphatic heterocycles. The summed E-state index contributed by atoms with van der Waals surface area (Å²) in [5, 5.41) is 8.85. The Kier molecular flexibility index (Phi) is 4.05. The fraction of sp³-hybridized carbons (Fsp3) is 0.538. The van der Waals surface area contributed by atoms with Crippen LogP contribution in [0.15, 0.2) is 21.8 Å². The summed E-state index contributed by atoms with van der Waals surface area (Å²) in [5.74, 6) is -1.39. The van der Waals surface area contributed by atoms with Crippen molar-refractivity contribution < 1.29 is 27.5 Å². The van der Waals surface area contributed by atoms with Gasteiger partial charge in [-0.2, -0.15) is 0 Å². The molecule has 1 aromatic heterocycles. The minimum atomic E-state index is -3.75. The second kappa shape index (κ2) is 5.40. The van der Waals surface area contributed by atoms with Crippen molar-refractivity contribution in [3.05, 3.63) is 17.9 Å². The molecule has 8 nitrogen and oxygen atoms in total. The monoisotopic (exact) mass is 330 g/mol. The van der Waals surface area contributed by atoms with Gasteiger partial charge in [-0.1, -0.05) is 0 Å². The summed E-state index contributed by atoms with van der Waals surface area (Å²) in [6.45, 7) is 1.98. The molecule has 1 fully saturated rings. The van der Waals surface area contributed by atoms with Gasteiger partial charge in [0.15, 0.2) is 0 Å². The fourth-order valence-corrected chi connectivity index (χ4v) is 3.04. The third-order valence-corrected chi connectivity index (χ3v) is 5.52. The fourth-order valence-electron chi connectivity index (χ4n) is 2.24. The third kappa shape index (κ3) is 2.73. The van der Waals surface area contributed by atoms with Gasteiger partial charge in [-0.3, -0.25) is 9.59 Å². The molecule has 2 rings (SSSR count). The Hall–Kier alpha value is -1.87. The van der Waals surface area contributed by atoms with Crippen molar-refractivity contribution in [2.45, 2.75) is 18.4 Å². The minimum absolute atomic E-state index is 0.0854. The Labute approximate surface area is 128 Å². The van der Waals surface area contributed by atoms with E-state index in [1.807, 2.05) is 0 Å². The van der Waals surface area contributed by atoms with Gasteiger partial charge in [0.05, 0.1) is 11.0 Å². The highest BCUT2D eigenvalue weighted by molar-refractivity contribution is 7.88. The Morgan fingerprint density at radius 2 is 2.05 bits per heavy atom. The number of hydrogen-bond donors (Lipinski definition) is 1. The average Bonchev–Trinajstić information content (AvgIpc) is 3.05. The maximum atomic E-state index is 12.3. The molecule has 1 saturated heterocycles. The number of rotatable bonds is 4. The topological polar surface area (TPSA) is 108 Å². The second-order valence-corrected chi connectivity index (χ2v) is 7.87. The first-order valence-corrected chi connectivity index (χ1v) is 8.06. The van der Waals surface area contributed by atoms with Crippen LogP contribution in [0.25, 0.3) is 0 Å². The highest BCUT2D eigenvalue weighted by Crippen LogP contribution is 2.31. The van der Waals surface area contributed by atoms with Gasteiger partial charge in [-0.15, -0.1) is 0 Å². The van der Waals surface area contributed by atoms with Crippen LogP contribution >= 0.6 is 0 Å². The molecule has 0 spiro atoms. The van der Waals surface area contributed by atoms with Crippen LogP contribution in [-0.4, -0.2) is 61.8 Å². The molecule has 9 heteroatoms. The van der Waals surface area contributed by atoms with Crippen molar-refractivity contribution in [3.8, 4) is 0 Å². The molecule has 22 heavy (non-hydrogen) atoms. The maximum absolute atomic E-state index is 12.3. The molecule has 1 aliphatic rings. The highest BCUT2D eigenvalue weighted by Gasteiger charge is 2.42. The molecule has 2 heterocycles. The summed E-state index contributed by atoms with van der Waals surface area (Å²) >= 11 is 0. The number of aliphatic carboxylic acids is 1. The summed E-state index contributed by atoms with van der Waals surface area (Å²) in [4.78, 5) is 24.9. The van der Waals surface area contributed by atoms with Crippen LogP contribution < -0.4 is 0 Å². The number of hydrogen-bond acceptors (Lipinski definition) is 5. The predicted octanol–water partition coefficient (Wildman–Crippen LogP) is 0.467. The first kappa shape index (κ1) is 16.5. The molecule has 0 radical (unpaired) electrons. The first-order chi connectivity index (χ1) is 10.1. The Balaban J connectivity index is 2.19. The van der Waals surface area contributed by atoms with Crippen molar-refractivity contribution in [3.63, 3.8) is 0 Å². The van der Waals surface area contributed by atoms with Crippen molar-refractivity contribution in [2.75, 3.05) is 27.2 Å². The SMILES string of the molecule is CN(C)S(=O)(=O)c1cc(C(=O)N2CCC(C)(C(=O)O)C2)co1. The number of amides is 1. The zero-order valence-electron chi connectivity index (χ0n) is 12.6. The largest absolute Gasteiger partial charge is 0.481 e. The van der Waals surface area contributed by atoms with Gasteiger partial charge >= 0.3 is 5.97 Å². The van der Waals surface area contributed by atoms with Gasteiger partial charge in [0, 0.05) is 33.3 Å². The number of carboxylic acids is 1. The number of furan rings is 1. The van der Waals surface area contributed by atoms with E-state index in [0.29, 0.717) is 13.0 Å². The van der Waals surface area contributed by atoms with Gasteiger partial charge in [0.25, 0.3) is 15.9 Å². The van der Waals surface area contributed by atoms with E-state index < -0.39 is 27.3 Å². The van der Waals surface area contributed by atoms with Crippen LogP contribution in [0.3, 0.4) is 0 Å². The van der Waals surface area contributed by atoms with E-state index in [4.69, 9.17) is 4.42 Å². The average molecular weight is 330 g/mol. The molecule has 1 aromatic rings. The van der Waals surface area contributed by atoms with E-state index in [9.17, 15) is 23.1 Å². The van der Waals surface area contributed by atoms with E-state index in [1.165, 1.54) is 19.0 Å². The van der Waals surface area contributed by atoms with E-state index in [2.05, 4.69) is 0 Å². The molecule has 0 saturated carbocycles. The van der Waals surface area contributed by atoms with Crippen LogP contribution in [0.2, 0.25) is 0 Å². The molecule has 1 N–H and O–H groups in total. The second-order valence-electron chi connectivity index (χ2n) is 5.78. The quantitative estimate of drug-likeness (QED) is 0.859.